The van der Waals surface area contributed by atoms with Crippen molar-refractivity contribution in [3.8, 4) is 0 Å². The Kier molecular flexibility index (Phi) is 5.74. The van der Waals surface area contributed by atoms with Crippen molar-refractivity contribution in [1.82, 2.24) is 4.90 Å². The molecule has 0 bridgehead atoms. The standard InChI is InChI=1S/C20H23NO4S/c1-26(23,24)18-10-7-16(8-11-18)9-12-20(22)21-13-14-25-19(15-21)17-5-3-2-4-6-17/h2-8,10-11,19H,9,12-15H2,1H3/t19-/m0/s1. The minimum atomic E-state index is -3.19. The number of ether oxygens (including phenoxy) is 1. The Morgan fingerprint density at radius 1 is 1.12 bits per heavy atom. The molecule has 0 saturated carbocycles. The third-order valence-corrected chi connectivity index (χ3v) is 5.70. The summed E-state index contributed by atoms with van der Waals surface area (Å²) in [5.74, 6) is 0.0985. The van der Waals surface area contributed by atoms with Crippen LogP contribution < -0.4 is 0 Å². The number of hydrogen-bond acceptors (Lipinski definition) is 4. The van der Waals surface area contributed by atoms with Crippen LogP contribution >= 0.6 is 0 Å². The molecule has 1 amide bonds. The first-order valence-corrected chi connectivity index (χ1v) is 10.6. The first kappa shape index (κ1) is 18.6. The molecule has 2 aromatic rings. The lowest BCUT2D eigenvalue weighted by Crippen LogP contribution is -2.42. The minimum Gasteiger partial charge on any atom is -0.370 e. The van der Waals surface area contributed by atoms with Gasteiger partial charge in [0, 0.05) is 19.2 Å². The lowest BCUT2D eigenvalue weighted by Gasteiger charge is -2.33. The van der Waals surface area contributed by atoms with Gasteiger partial charge in [0.15, 0.2) is 9.84 Å². The highest BCUT2D eigenvalue weighted by molar-refractivity contribution is 7.90. The molecule has 3 rings (SSSR count). The number of carbonyl (C=O) groups excluding carboxylic acids is 1. The Morgan fingerprint density at radius 3 is 2.46 bits per heavy atom. The van der Waals surface area contributed by atoms with E-state index in [-0.39, 0.29) is 12.0 Å². The number of amides is 1. The van der Waals surface area contributed by atoms with Crippen LogP contribution in [0, 0.1) is 0 Å². The van der Waals surface area contributed by atoms with Crippen molar-refractivity contribution >= 4 is 15.7 Å². The molecule has 0 aliphatic carbocycles. The Balaban J connectivity index is 1.56. The smallest absolute Gasteiger partial charge is 0.223 e. The number of hydrogen-bond donors (Lipinski definition) is 0. The van der Waals surface area contributed by atoms with E-state index in [0.29, 0.717) is 37.4 Å². The van der Waals surface area contributed by atoms with Gasteiger partial charge in [-0.15, -0.1) is 0 Å². The molecule has 138 valence electrons. The molecule has 1 atom stereocenters. The van der Waals surface area contributed by atoms with Crippen LogP contribution in [-0.2, 0) is 25.8 Å². The maximum Gasteiger partial charge on any atom is 0.223 e. The van der Waals surface area contributed by atoms with Gasteiger partial charge in [0.2, 0.25) is 5.91 Å². The second-order valence-corrected chi connectivity index (χ2v) is 8.54. The first-order valence-electron chi connectivity index (χ1n) is 8.67. The zero-order valence-electron chi connectivity index (χ0n) is 14.8. The Hall–Kier alpha value is -2.18. The van der Waals surface area contributed by atoms with Crippen molar-refractivity contribution in [2.75, 3.05) is 26.0 Å². The molecule has 1 heterocycles. The molecule has 2 aromatic carbocycles. The zero-order chi connectivity index (χ0) is 18.6. The van der Waals surface area contributed by atoms with Crippen molar-refractivity contribution < 1.29 is 17.9 Å². The van der Waals surface area contributed by atoms with Gasteiger partial charge in [-0.1, -0.05) is 42.5 Å². The van der Waals surface area contributed by atoms with Gasteiger partial charge in [0.25, 0.3) is 0 Å². The number of nitrogens with zero attached hydrogens (tertiary/aromatic N) is 1. The average Bonchev–Trinajstić information content (AvgIpc) is 2.66. The molecule has 0 N–H and O–H groups in total. The second-order valence-electron chi connectivity index (χ2n) is 6.53. The van der Waals surface area contributed by atoms with Gasteiger partial charge < -0.3 is 9.64 Å². The van der Waals surface area contributed by atoms with Gasteiger partial charge in [-0.25, -0.2) is 8.42 Å². The van der Waals surface area contributed by atoms with Crippen molar-refractivity contribution in [3.05, 3.63) is 65.7 Å². The van der Waals surface area contributed by atoms with E-state index >= 15 is 0 Å². The van der Waals surface area contributed by atoms with Gasteiger partial charge in [0.1, 0.15) is 6.10 Å². The molecule has 5 nitrogen and oxygen atoms in total. The molecular weight excluding hydrogens is 350 g/mol. The second kappa shape index (κ2) is 8.01. The summed E-state index contributed by atoms with van der Waals surface area (Å²) < 4.78 is 28.8. The third kappa shape index (κ3) is 4.71. The Bertz CT molecular complexity index is 847. The van der Waals surface area contributed by atoms with Crippen LogP contribution in [0.2, 0.25) is 0 Å². The fraction of sp³-hybridized carbons (Fsp3) is 0.350. The number of benzene rings is 2. The van der Waals surface area contributed by atoms with E-state index in [1.54, 1.807) is 24.3 Å². The third-order valence-electron chi connectivity index (χ3n) is 4.57. The summed E-state index contributed by atoms with van der Waals surface area (Å²) in [5, 5.41) is 0. The molecule has 1 aliphatic rings. The van der Waals surface area contributed by atoms with Crippen molar-refractivity contribution in [2.24, 2.45) is 0 Å². The van der Waals surface area contributed by atoms with Gasteiger partial charge >= 0.3 is 0 Å². The summed E-state index contributed by atoms with van der Waals surface area (Å²) in [5.41, 5.74) is 2.04. The molecule has 1 saturated heterocycles. The number of rotatable bonds is 5. The molecule has 0 aromatic heterocycles. The number of morpholine rings is 1. The van der Waals surface area contributed by atoms with Crippen LogP contribution in [0.5, 0.6) is 0 Å². The summed E-state index contributed by atoms with van der Waals surface area (Å²) in [7, 11) is -3.19. The summed E-state index contributed by atoms with van der Waals surface area (Å²) >= 11 is 0. The van der Waals surface area contributed by atoms with E-state index in [2.05, 4.69) is 0 Å². The van der Waals surface area contributed by atoms with Crippen LogP contribution in [0.25, 0.3) is 0 Å². The van der Waals surface area contributed by atoms with Gasteiger partial charge in [-0.2, -0.15) is 0 Å². The van der Waals surface area contributed by atoms with Crippen molar-refractivity contribution in [2.45, 2.75) is 23.8 Å². The summed E-state index contributed by atoms with van der Waals surface area (Å²) in [6, 6.07) is 16.7. The fourth-order valence-corrected chi connectivity index (χ4v) is 3.69. The molecule has 0 unspecified atom stereocenters. The topological polar surface area (TPSA) is 63.7 Å². The average molecular weight is 373 g/mol. The highest BCUT2D eigenvalue weighted by Crippen LogP contribution is 2.22. The number of carbonyl (C=O) groups is 1. The molecule has 0 spiro atoms. The molecule has 0 radical (unpaired) electrons. The number of sulfone groups is 1. The monoisotopic (exact) mass is 373 g/mol. The molecular formula is C20H23NO4S. The fourth-order valence-electron chi connectivity index (χ4n) is 3.06. The number of aryl methyl sites for hydroxylation is 1. The lowest BCUT2D eigenvalue weighted by atomic mass is 10.1. The van der Waals surface area contributed by atoms with E-state index < -0.39 is 9.84 Å². The Labute approximate surface area is 154 Å². The normalized spacial score (nSPS) is 17.9. The van der Waals surface area contributed by atoms with E-state index in [1.165, 1.54) is 6.26 Å². The van der Waals surface area contributed by atoms with E-state index in [1.807, 2.05) is 35.2 Å². The maximum atomic E-state index is 12.5. The Morgan fingerprint density at radius 2 is 1.81 bits per heavy atom. The van der Waals surface area contributed by atoms with E-state index in [4.69, 9.17) is 4.74 Å². The van der Waals surface area contributed by atoms with Crippen LogP contribution in [0.1, 0.15) is 23.7 Å². The van der Waals surface area contributed by atoms with Gasteiger partial charge in [-0.3, -0.25) is 4.79 Å². The SMILES string of the molecule is CS(=O)(=O)c1ccc(CCC(=O)N2CCO[C@H](c3ccccc3)C2)cc1. The molecule has 1 fully saturated rings. The van der Waals surface area contributed by atoms with Crippen LogP contribution in [-0.4, -0.2) is 45.2 Å². The largest absolute Gasteiger partial charge is 0.370 e. The quantitative estimate of drug-likeness (QED) is 0.808. The highest BCUT2D eigenvalue weighted by Gasteiger charge is 2.25. The first-order chi connectivity index (χ1) is 12.4. The molecule has 1 aliphatic heterocycles. The summed E-state index contributed by atoms with van der Waals surface area (Å²) in [4.78, 5) is 14.7. The van der Waals surface area contributed by atoms with Crippen LogP contribution in [0.4, 0.5) is 0 Å². The molecule has 6 heteroatoms. The van der Waals surface area contributed by atoms with Gasteiger partial charge in [0.05, 0.1) is 18.0 Å². The summed E-state index contributed by atoms with van der Waals surface area (Å²) in [6.45, 7) is 1.71. The highest BCUT2D eigenvalue weighted by atomic mass is 32.2. The van der Waals surface area contributed by atoms with E-state index in [0.717, 1.165) is 11.1 Å². The van der Waals surface area contributed by atoms with Crippen LogP contribution in [0.15, 0.2) is 59.5 Å². The van der Waals surface area contributed by atoms with Crippen molar-refractivity contribution in [3.63, 3.8) is 0 Å². The lowest BCUT2D eigenvalue weighted by molar-refractivity contribution is -0.139. The van der Waals surface area contributed by atoms with E-state index in [9.17, 15) is 13.2 Å². The predicted octanol–water partition coefficient (Wildman–Crippen LogP) is 2.62. The van der Waals surface area contributed by atoms with Crippen molar-refractivity contribution in [1.29, 1.82) is 0 Å². The zero-order valence-corrected chi connectivity index (χ0v) is 15.6. The van der Waals surface area contributed by atoms with Crippen LogP contribution in [0.3, 0.4) is 0 Å². The maximum absolute atomic E-state index is 12.5. The summed E-state index contributed by atoms with van der Waals surface area (Å²) in [6.07, 6.45) is 2.10. The minimum absolute atomic E-state index is 0.0806. The predicted molar refractivity (Wildman–Crippen MR) is 99.6 cm³/mol. The molecule has 26 heavy (non-hydrogen) atoms. The van der Waals surface area contributed by atoms with Gasteiger partial charge in [-0.05, 0) is 29.7 Å².